The van der Waals surface area contributed by atoms with Crippen LogP contribution in [-0.2, 0) is 9.59 Å². The molecule has 0 aliphatic heterocycles. The van der Waals surface area contributed by atoms with Crippen molar-refractivity contribution >= 4 is 23.4 Å². The van der Waals surface area contributed by atoms with Crippen LogP contribution < -0.4 is 20.9 Å². The molecule has 0 fully saturated rings. The third kappa shape index (κ3) is 6.18. The summed E-state index contributed by atoms with van der Waals surface area (Å²) in [4.78, 5) is 36.1. The van der Waals surface area contributed by atoms with E-state index in [2.05, 4.69) is 16.2 Å². The molecule has 0 aliphatic carbocycles. The summed E-state index contributed by atoms with van der Waals surface area (Å²) in [6, 6.07) is 23.5. The molecular weight excluding hydrogens is 406 g/mol. The second kappa shape index (κ2) is 10.8. The molecule has 3 N–H and O–H groups in total. The Kier molecular flexibility index (Phi) is 7.59. The minimum Gasteiger partial charge on any atom is -0.483 e. The number of amides is 3. The lowest BCUT2D eigenvalue weighted by Crippen LogP contribution is -2.43. The number of ether oxygens (including phenoxy) is 1. The molecule has 0 unspecified atom stereocenters. The van der Waals surface area contributed by atoms with Crippen molar-refractivity contribution in [1.29, 1.82) is 0 Å². The van der Waals surface area contributed by atoms with Crippen LogP contribution >= 0.6 is 0 Å². The molecule has 0 spiro atoms. The number of hydrogen-bond acceptors (Lipinski definition) is 4. The average molecular weight is 431 g/mol. The van der Waals surface area contributed by atoms with Gasteiger partial charge in [0.2, 0.25) is 5.91 Å². The van der Waals surface area contributed by atoms with Crippen molar-refractivity contribution < 1.29 is 19.1 Å². The predicted molar refractivity (Wildman–Crippen MR) is 123 cm³/mol. The fourth-order valence-corrected chi connectivity index (χ4v) is 2.82. The highest BCUT2D eigenvalue weighted by Gasteiger charge is 2.11. The summed E-state index contributed by atoms with van der Waals surface area (Å²) in [5.41, 5.74) is 7.47. The van der Waals surface area contributed by atoms with Crippen LogP contribution in [0.25, 0.3) is 11.1 Å². The van der Waals surface area contributed by atoms with Crippen LogP contribution in [-0.4, -0.2) is 24.3 Å². The van der Waals surface area contributed by atoms with Gasteiger partial charge in [-0.3, -0.25) is 25.2 Å². The van der Waals surface area contributed by atoms with Crippen LogP contribution in [0.4, 0.5) is 5.69 Å². The normalized spacial score (nSPS) is 10.3. The first-order valence-electron chi connectivity index (χ1n) is 10.2. The molecule has 164 valence electrons. The fraction of sp³-hybridized carbons (Fsp3) is 0.160. The molecular formula is C25H25N3O4. The second-order valence-corrected chi connectivity index (χ2v) is 7.37. The summed E-state index contributed by atoms with van der Waals surface area (Å²) >= 11 is 0. The van der Waals surface area contributed by atoms with E-state index in [9.17, 15) is 14.4 Å². The summed E-state index contributed by atoms with van der Waals surface area (Å²) in [5.74, 6) is -0.663. The zero-order valence-electron chi connectivity index (χ0n) is 17.9. The lowest BCUT2D eigenvalue weighted by molar-refractivity contribution is -0.123. The molecule has 0 saturated carbocycles. The standard InChI is InChI=1S/C25H25N3O4/c1-17(2)24(30)26-20-14-12-19(13-15-20)25(31)28-27-23(29)16-32-22-11-7-6-10-21(22)18-8-4-3-5-9-18/h3-15,17H,16H2,1-2H3,(H,26,30)(H,27,29)(H,28,31). The number of rotatable bonds is 7. The van der Waals surface area contributed by atoms with E-state index in [1.54, 1.807) is 44.2 Å². The van der Waals surface area contributed by atoms with Crippen molar-refractivity contribution in [3.63, 3.8) is 0 Å². The quantitative estimate of drug-likeness (QED) is 0.496. The first-order valence-corrected chi connectivity index (χ1v) is 10.2. The van der Waals surface area contributed by atoms with Gasteiger partial charge in [0.1, 0.15) is 5.75 Å². The minimum atomic E-state index is -0.498. The van der Waals surface area contributed by atoms with E-state index in [0.29, 0.717) is 17.0 Å². The Hall–Kier alpha value is -4.13. The van der Waals surface area contributed by atoms with Crippen molar-refractivity contribution in [2.45, 2.75) is 13.8 Å². The lowest BCUT2D eigenvalue weighted by Gasteiger charge is -2.12. The molecule has 3 aromatic carbocycles. The number of anilines is 1. The van der Waals surface area contributed by atoms with Crippen molar-refractivity contribution in [2.75, 3.05) is 11.9 Å². The van der Waals surface area contributed by atoms with Crippen LogP contribution in [0.5, 0.6) is 5.75 Å². The van der Waals surface area contributed by atoms with E-state index in [-0.39, 0.29) is 18.4 Å². The van der Waals surface area contributed by atoms with E-state index >= 15 is 0 Å². The van der Waals surface area contributed by atoms with Gasteiger partial charge in [-0.1, -0.05) is 62.4 Å². The Balaban J connectivity index is 1.50. The summed E-state index contributed by atoms with van der Waals surface area (Å²) < 4.78 is 5.66. The maximum absolute atomic E-state index is 12.3. The second-order valence-electron chi connectivity index (χ2n) is 7.37. The van der Waals surface area contributed by atoms with Crippen molar-refractivity contribution in [2.24, 2.45) is 5.92 Å². The van der Waals surface area contributed by atoms with Crippen molar-refractivity contribution in [3.05, 3.63) is 84.4 Å². The Bertz CT molecular complexity index is 1080. The molecule has 3 rings (SSSR count). The van der Waals surface area contributed by atoms with Crippen LogP contribution in [0, 0.1) is 5.92 Å². The number of para-hydroxylation sites is 1. The van der Waals surface area contributed by atoms with E-state index in [4.69, 9.17) is 4.74 Å². The molecule has 7 nitrogen and oxygen atoms in total. The third-order valence-corrected chi connectivity index (χ3v) is 4.59. The summed E-state index contributed by atoms with van der Waals surface area (Å²) in [5, 5.41) is 2.75. The highest BCUT2D eigenvalue weighted by atomic mass is 16.5. The van der Waals surface area contributed by atoms with Gasteiger partial charge in [-0.25, -0.2) is 0 Å². The molecule has 0 radical (unpaired) electrons. The molecule has 0 aromatic heterocycles. The molecule has 0 bridgehead atoms. The number of benzene rings is 3. The van der Waals surface area contributed by atoms with Gasteiger partial charge in [-0.2, -0.15) is 0 Å². The number of hydrogen-bond donors (Lipinski definition) is 3. The third-order valence-electron chi connectivity index (χ3n) is 4.59. The maximum atomic E-state index is 12.3. The molecule has 32 heavy (non-hydrogen) atoms. The molecule has 3 aromatic rings. The van der Waals surface area contributed by atoms with Gasteiger partial charge in [0.25, 0.3) is 11.8 Å². The zero-order valence-corrected chi connectivity index (χ0v) is 17.9. The first-order chi connectivity index (χ1) is 15.4. The largest absolute Gasteiger partial charge is 0.483 e. The van der Waals surface area contributed by atoms with Gasteiger partial charge in [-0.05, 0) is 35.9 Å². The van der Waals surface area contributed by atoms with Gasteiger partial charge in [0, 0.05) is 22.7 Å². The monoisotopic (exact) mass is 431 g/mol. The number of carbonyl (C=O) groups is 3. The van der Waals surface area contributed by atoms with Crippen LogP contribution in [0.2, 0.25) is 0 Å². The molecule has 7 heteroatoms. The summed E-state index contributed by atoms with van der Waals surface area (Å²) in [7, 11) is 0. The van der Waals surface area contributed by atoms with Gasteiger partial charge >= 0.3 is 0 Å². The molecule has 0 saturated heterocycles. The molecule has 0 atom stereocenters. The van der Waals surface area contributed by atoms with E-state index in [1.807, 2.05) is 48.5 Å². The Morgan fingerprint density at radius 2 is 1.47 bits per heavy atom. The lowest BCUT2D eigenvalue weighted by atomic mass is 10.1. The summed E-state index contributed by atoms with van der Waals surface area (Å²) in [6.45, 7) is 3.33. The van der Waals surface area contributed by atoms with Crippen LogP contribution in [0.15, 0.2) is 78.9 Å². The topological polar surface area (TPSA) is 96.5 Å². The van der Waals surface area contributed by atoms with Gasteiger partial charge in [0.15, 0.2) is 6.61 Å². The number of hydrazine groups is 1. The highest BCUT2D eigenvalue weighted by Crippen LogP contribution is 2.29. The molecule has 3 amide bonds. The van der Waals surface area contributed by atoms with E-state index in [0.717, 1.165) is 11.1 Å². The van der Waals surface area contributed by atoms with Crippen molar-refractivity contribution in [3.8, 4) is 16.9 Å². The van der Waals surface area contributed by atoms with E-state index in [1.165, 1.54) is 0 Å². The van der Waals surface area contributed by atoms with Crippen molar-refractivity contribution in [1.82, 2.24) is 10.9 Å². The van der Waals surface area contributed by atoms with E-state index < -0.39 is 11.8 Å². The van der Waals surface area contributed by atoms with Crippen LogP contribution in [0.3, 0.4) is 0 Å². The predicted octanol–water partition coefficient (Wildman–Crippen LogP) is 3.79. The Morgan fingerprint density at radius 1 is 0.812 bits per heavy atom. The Morgan fingerprint density at radius 3 is 2.16 bits per heavy atom. The molecule has 0 heterocycles. The maximum Gasteiger partial charge on any atom is 0.276 e. The number of nitrogens with one attached hydrogen (secondary N) is 3. The highest BCUT2D eigenvalue weighted by molar-refractivity contribution is 5.97. The Labute approximate surface area is 186 Å². The average Bonchev–Trinajstić information content (AvgIpc) is 2.82. The zero-order chi connectivity index (χ0) is 22.9. The van der Waals surface area contributed by atoms with Gasteiger partial charge in [-0.15, -0.1) is 0 Å². The fourth-order valence-electron chi connectivity index (χ4n) is 2.82. The van der Waals surface area contributed by atoms with Crippen LogP contribution in [0.1, 0.15) is 24.2 Å². The minimum absolute atomic E-state index is 0.108. The van der Waals surface area contributed by atoms with Gasteiger partial charge in [0.05, 0.1) is 0 Å². The SMILES string of the molecule is CC(C)C(=O)Nc1ccc(C(=O)NNC(=O)COc2ccccc2-c2ccccc2)cc1. The first kappa shape index (κ1) is 22.6. The molecule has 0 aliphatic rings. The smallest absolute Gasteiger partial charge is 0.276 e. The van der Waals surface area contributed by atoms with Gasteiger partial charge < -0.3 is 10.1 Å². The summed E-state index contributed by atoms with van der Waals surface area (Å²) in [6.07, 6.45) is 0. The number of carbonyl (C=O) groups excluding carboxylic acids is 3.